The Kier molecular flexibility index (Phi) is 3.19. The van der Waals surface area contributed by atoms with E-state index in [0.29, 0.717) is 0 Å². The zero-order chi connectivity index (χ0) is 12.5. The number of nitrogens with one attached hydrogen (secondary N) is 1. The predicted octanol–water partition coefficient (Wildman–Crippen LogP) is 1.37. The lowest BCUT2D eigenvalue weighted by Crippen LogP contribution is -2.27. The van der Waals surface area contributed by atoms with Gasteiger partial charge in [0.2, 0.25) is 0 Å². The van der Waals surface area contributed by atoms with Gasteiger partial charge >= 0.3 is 0 Å². The fourth-order valence-electron chi connectivity index (χ4n) is 1.57. The molecule has 5 heteroatoms. The number of amides is 1. The van der Waals surface area contributed by atoms with E-state index in [4.69, 9.17) is 0 Å². The second-order valence-corrected chi connectivity index (χ2v) is 6.39. The first-order valence-corrected chi connectivity index (χ1v) is 7.32. The van der Waals surface area contributed by atoms with Gasteiger partial charge in [-0.15, -0.1) is 0 Å². The minimum atomic E-state index is -3.35. The van der Waals surface area contributed by atoms with Gasteiger partial charge in [0.15, 0.2) is 9.84 Å². The van der Waals surface area contributed by atoms with Gasteiger partial charge in [-0.3, -0.25) is 4.79 Å². The summed E-state index contributed by atoms with van der Waals surface area (Å²) >= 11 is 0. The molecule has 1 aliphatic carbocycles. The van der Waals surface area contributed by atoms with E-state index < -0.39 is 9.84 Å². The highest BCUT2D eigenvalue weighted by molar-refractivity contribution is 7.91. The van der Waals surface area contributed by atoms with Crippen molar-refractivity contribution in [2.75, 3.05) is 5.75 Å². The Hall–Kier alpha value is -1.36. The molecule has 1 N–H and O–H groups in total. The van der Waals surface area contributed by atoms with Crippen molar-refractivity contribution in [3.05, 3.63) is 29.8 Å². The van der Waals surface area contributed by atoms with Gasteiger partial charge in [0, 0.05) is 6.04 Å². The first-order chi connectivity index (χ1) is 8.04. The molecule has 1 aromatic rings. The van der Waals surface area contributed by atoms with Crippen LogP contribution < -0.4 is 5.32 Å². The summed E-state index contributed by atoms with van der Waals surface area (Å²) in [7, 11) is -3.35. The van der Waals surface area contributed by atoms with Gasteiger partial charge in [0.05, 0.1) is 16.2 Å². The molecule has 1 saturated carbocycles. The summed E-state index contributed by atoms with van der Waals surface area (Å²) in [5, 5.41) is 2.80. The van der Waals surface area contributed by atoms with Crippen molar-refractivity contribution in [2.24, 2.45) is 0 Å². The predicted molar refractivity (Wildman–Crippen MR) is 64.7 cm³/mol. The Morgan fingerprint density at radius 3 is 2.59 bits per heavy atom. The Morgan fingerprint density at radius 2 is 2.00 bits per heavy atom. The van der Waals surface area contributed by atoms with Crippen LogP contribution in [0.3, 0.4) is 0 Å². The van der Waals surface area contributed by atoms with E-state index in [1.54, 1.807) is 25.1 Å². The molecule has 1 aromatic carbocycles. The van der Waals surface area contributed by atoms with Gasteiger partial charge < -0.3 is 5.32 Å². The Morgan fingerprint density at radius 1 is 1.35 bits per heavy atom. The van der Waals surface area contributed by atoms with E-state index >= 15 is 0 Å². The molecule has 2 rings (SSSR count). The molecule has 1 aliphatic rings. The normalized spacial score (nSPS) is 15.6. The average Bonchev–Trinajstić information content (AvgIpc) is 3.13. The lowest BCUT2D eigenvalue weighted by Gasteiger charge is -2.09. The van der Waals surface area contributed by atoms with E-state index in [1.165, 1.54) is 6.07 Å². The topological polar surface area (TPSA) is 63.2 Å². The highest BCUT2D eigenvalue weighted by Crippen LogP contribution is 2.21. The molecule has 0 aromatic heterocycles. The Bertz CT molecular complexity index is 532. The summed E-state index contributed by atoms with van der Waals surface area (Å²) in [6.45, 7) is 1.57. The molecule has 0 spiro atoms. The first-order valence-electron chi connectivity index (χ1n) is 5.67. The van der Waals surface area contributed by atoms with Crippen molar-refractivity contribution in [1.82, 2.24) is 5.32 Å². The maximum atomic E-state index is 11.9. The van der Waals surface area contributed by atoms with E-state index in [2.05, 4.69) is 5.32 Å². The number of rotatable bonds is 4. The quantitative estimate of drug-likeness (QED) is 0.881. The Balaban J connectivity index is 2.36. The lowest BCUT2D eigenvalue weighted by atomic mass is 10.2. The van der Waals surface area contributed by atoms with E-state index in [1.807, 2.05) is 0 Å². The third kappa shape index (κ3) is 2.66. The van der Waals surface area contributed by atoms with Gasteiger partial charge in [0.25, 0.3) is 5.91 Å². The number of hydrogen-bond donors (Lipinski definition) is 1. The third-order valence-electron chi connectivity index (χ3n) is 2.76. The summed E-state index contributed by atoms with van der Waals surface area (Å²) in [5.41, 5.74) is 0.251. The second kappa shape index (κ2) is 4.49. The minimum absolute atomic E-state index is 0.000716. The molecule has 0 radical (unpaired) electrons. The van der Waals surface area contributed by atoms with Gasteiger partial charge in [0.1, 0.15) is 0 Å². The van der Waals surface area contributed by atoms with Crippen LogP contribution >= 0.6 is 0 Å². The number of sulfone groups is 1. The van der Waals surface area contributed by atoms with Crippen LogP contribution in [0.15, 0.2) is 29.2 Å². The standard InChI is InChI=1S/C12H15NO3S/c1-2-17(15,16)11-6-4-3-5-10(11)12(14)13-9-7-8-9/h3-6,9H,2,7-8H2,1H3,(H,13,14). The minimum Gasteiger partial charge on any atom is -0.349 e. The van der Waals surface area contributed by atoms with Crippen molar-refractivity contribution in [3.8, 4) is 0 Å². The smallest absolute Gasteiger partial charge is 0.252 e. The molecule has 1 amide bonds. The van der Waals surface area contributed by atoms with Gasteiger partial charge in [-0.05, 0) is 25.0 Å². The molecule has 17 heavy (non-hydrogen) atoms. The van der Waals surface area contributed by atoms with Crippen LogP contribution in [0.1, 0.15) is 30.1 Å². The third-order valence-corrected chi connectivity index (χ3v) is 4.55. The summed E-state index contributed by atoms with van der Waals surface area (Å²) in [6, 6.07) is 6.58. The maximum absolute atomic E-state index is 11.9. The monoisotopic (exact) mass is 253 g/mol. The molecular formula is C12H15NO3S. The Labute approximate surface area is 101 Å². The number of hydrogen-bond acceptors (Lipinski definition) is 3. The van der Waals surface area contributed by atoms with Gasteiger partial charge in [-0.2, -0.15) is 0 Å². The molecule has 0 unspecified atom stereocenters. The molecular weight excluding hydrogens is 238 g/mol. The molecule has 0 aliphatic heterocycles. The summed E-state index contributed by atoms with van der Waals surface area (Å²) in [6.07, 6.45) is 1.96. The second-order valence-electron chi connectivity index (χ2n) is 4.15. The molecule has 1 fully saturated rings. The zero-order valence-corrected chi connectivity index (χ0v) is 10.5. The van der Waals surface area contributed by atoms with Crippen molar-refractivity contribution < 1.29 is 13.2 Å². The highest BCUT2D eigenvalue weighted by Gasteiger charge is 2.26. The lowest BCUT2D eigenvalue weighted by molar-refractivity contribution is 0.0948. The molecule has 0 saturated heterocycles. The molecule has 0 atom stereocenters. The summed E-state index contributed by atoms with van der Waals surface area (Å²) in [4.78, 5) is 12.0. The molecule has 92 valence electrons. The first kappa shape index (κ1) is 12.1. The van der Waals surface area contributed by atoms with Crippen molar-refractivity contribution in [1.29, 1.82) is 0 Å². The fraction of sp³-hybridized carbons (Fsp3) is 0.417. The van der Waals surface area contributed by atoms with Crippen LogP contribution in [0.5, 0.6) is 0 Å². The SMILES string of the molecule is CCS(=O)(=O)c1ccccc1C(=O)NC1CC1. The van der Waals surface area contributed by atoms with Crippen LogP contribution in [-0.2, 0) is 9.84 Å². The van der Waals surface area contributed by atoms with Crippen LogP contribution in [0, 0.1) is 0 Å². The summed E-state index contributed by atoms with van der Waals surface area (Å²) < 4.78 is 23.7. The van der Waals surface area contributed by atoms with Crippen LogP contribution in [0.2, 0.25) is 0 Å². The largest absolute Gasteiger partial charge is 0.349 e. The van der Waals surface area contributed by atoms with E-state index in [9.17, 15) is 13.2 Å². The number of carbonyl (C=O) groups is 1. The number of benzene rings is 1. The van der Waals surface area contributed by atoms with E-state index in [0.717, 1.165) is 12.8 Å². The van der Waals surface area contributed by atoms with Gasteiger partial charge in [-0.25, -0.2) is 8.42 Å². The summed E-state index contributed by atoms with van der Waals surface area (Å²) in [5.74, 6) is -0.291. The number of carbonyl (C=O) groups excluding carboxylic acids is 1. The fourth-order valence-corrected chi connectivity index (χ4v) is 2.66. The van der Waals surface area contributed by atoms with Crippen molar-refractivity contribution in [3.63, 3.8) is 0 Å². The highest BCUT2D eigenvalue weighted by atomic mass is 32.2. The van der Waals surface area contributed by atoms with Gasteiger partial charge in [-0.1, -0.05) is 19.1 Å². The van der Waals surface area contributed by atoms with Crippen molar-refractivity contribution >= 4 is 15.7 Å². The average molecular weight is 253 g/mol. The van der Waals surface area contributed by atoms with Crippen LogP contribution in [0.4, 0.5) is 0 Å². The van der Waals surface area contributed by atoms with Crippen molar-refractivity contribution in [2.45, 2.75) is 30.7 Å². The maximum Gasteiger partial charge on any atom is 0.252 e. The molecule has 0 bridgehead atoms. The van der Waals surface area contributed by atoms with E-state index in [-0.39, 0.29) is 28.2 Å². The van der Waals surface area contributed by atoms with Crippen LogP contribution in [-0.4, -0.2) is 26.1 Å². The molecule has 0 heterocycles. The zero-order valence-electron chi connectivity index (χ0n) is 9.64. The van der Waals surface area contributed by atoms with Crippen LogP contribution in [0.25, 0.3) is 0 Å². The molecule has 4 nitrogen and oxygen atoms in total.